The van der Waals surface area contributed by atoms with Gasteiger partial charge in [-0.15, -0.1) is 22.7 Å². The van der Waals surface area contributed by atoms with Crippen LogP contribution < -0.4 is 0 Å². The molecule has 0 spiro atoms. The second kappa shape index (κ2) is 5.37. The highest BCUT2D eigenvalue weighted by molar-refractivity contribution is 7.27. The molecule has 0 saturated heterocycles. The van der Waals surface area contributed by atoms with Gasteiger partial charge < -0.3 is 4.40 Å². The van der Waals surface area contributed by atoms with Crippen molar-refractivity contribution in [3.05, 3.63) is 77.9 Å². The molecule has 3 aromatic carbocycles. The third-order valence-corrected chi connectivity index (χ3v) is 9.49. The van der Waals surface area contributed by atoms with Gasteiger partial charge >= 0.3 is 0 Å². The number of thiophene rings is 2. The Kier molecular flexibility index (Phi) is 2.86. The Bertz CT molecular complexity index is 1870. The fourth-order valence-corrected chi connectivity index (χ4v) is 8.34. The van der Waals surface area contributed by atoms with Crippen molar-refractivity contribution < 1.29 is 0 Å². The highest BCUT2D eigenvalue weighted by Gasteiger charge is 2.24. The van der Waals surface area contributed by atoms with E-state index in [4.69, 9.17) is 0 Å². The predicted molar refractivity (Wildman–Crippen MR) is 139 cm³/mol. The summed E-state index contributed by atoms with van der Waals surface area (Å²) in [7, 11) is 0. The van der Waals surface area contributed by atoms with E-state index in [0.717, 1.165) is 0 Å². The number of aromatic nitrogens is 1. The molecule has 5 aromatic heterocycles. The van der Waals surface area contributed by atoms with E-state index in [1.807, 2.05) is 22.7 Å². The van der Waals surface area contributed by atoms with E-state index in [1.165, 1.54) is 78.8 Å². The summed E-state index contributed by atoms with van der Waals surface area (Å²) in [5.41, 5.74) is 6.98. The maximum Gasteiger partial charge on any atom is 0.0674 e. The quantitative estimate of drug-likeness (QED) is 0.226. The number of fused-ring (bicyclic) bond motifs is 10. The molecular weight excluding hydrogens is 414 g/mol. The van der Waals surface area contributed by atoms with Gasteiger partial charge in [-0.3, -0.25) is 0 Å². The van der Waals surface area contributed by atoms with Gasteiger partial charge in [-0.05, 0) is 37.1 Å². The lowest BCUT2D eigenvalue weighted by molar-refractivity contribution is 1.36. The molecule has 31 heavy (non-hydrogen) atoms. The van der Waals surface area contributed by atoms with Crippen LogP contribution in [0.4, 0.5) is 0 Å². The first-order valence-electron chi connectivity index (χ1n) is 10.6. The van der Waals surface area contributed by atoms with Gasteiger partial charge in [0.15, 0.2) is 0 Å². The van der Waals surface area contributed by atoms with Crippen molar-refractivity contribution in [1.82, 2.24) is 4.40 Å². The number of para-hydroxylation sites is 1. The van der Waals surface area contributed by atoms with Gasteiger partial charge in [0, 0.05) is 41.7 Å². The van der Waals surface area contributed by atoms with E-state index in [0.29, 0.717) is 0 Å². The predicted octanol–water partition coefficient (Wildman–Crippen LogP) is 9.04. The Morgan fingerprint density at radius 3 is 1.48 bits per heavy atom. The van der Waals surface area contributed by atoms with Crippen molar-refractivity contribution in [3.63, 3.8) is 0 Å². The first kappa shape index (κ1) is 16.5. The van der Waals surface area contributed by atoms with Crippen molar-refractivity contribution in [2.45, 2.75) is 13.8 Å². The fraction of sp³-hybridized carbons (Fsp3) is 0.0714. The Morgan fingerprint density at radius 1 is 0.516 bits per heavy atom. The molecule has 146 valence electrons. The Hall–Kier alpha value is -3.14. The SMILES string of the molecule is Cc1c(C)c2c3sc4ccccc4c3c3cccc4c5c6ccccc6sc5c1n2c43. The average Bonchev–Trinajstić information content (AvgIpc) is 3.44. The lowest BCUT2D eigenvalue weighted by Crippen LogP contribution is -1.93. The van der Waals surface area contributed by atoms with Crippen LogP contribution in [0.1, 0.15) is 11.1 Å². The zero-order chi connectivity index (χ0) is 20.4. The topological polar surface area (TPSA) is 4.41 Å². The lowest BCUT2D eigenvalue weighted by Gasteiger charge is -2.13. The van der Waals surface area contributed by atoms with Crippen LogP contribution in [0.3, 0.4) is 0 Å². The molecule has 0 fully saturated rings. The number of rotatable bonds is 0. The minimum Gasteiger partial charge on any atom is -0.306 e. The maximum atomic E-state index is 2.59. The average molecular weight is 432 g/mol. The number of aryl methyl sites for hydroxylation is 2. The van der Waals surface area contributed by atoms with Crippen LogP contribution in [-0.2, 0) is 0 Å². The highest BCUT2D eigenvalue weighted by Crippen LogP contribution is 2.50. The van der Waals surface area contributed by atoms with Crippen molar-refractivity contribution in [2.75, 3.05) is 0 Å². The molecule has 0 aliphatic carbocycles. The van der Waals surface area contributed by atoms with Gasteiger partial charge in [0.1, 0.15) is 0 Å². The summed E-state index contributed by atoms with van der Waals surface area (Å²) >= 11 is 3.88. The molecule has 0 radical (unpaired) electrons. The van der Waals surface area contributed by atoms with Crippen LogP contribution in [0.15, 0.2) is 66.7 Å². The number of benzene rings is 3. The van der Waals surface area contributed by atoms with Crippen LogP contribution in [0.5, 0.6) is 0 Å². The summed E-state index contributed by atoms with van der Waals surface area (Å²) in [5.74, 6) is 0. The first-order valence-corrected chi connectivity index (χ1v) is 12.3. The molecule has 8 rings (SSSR count). The van der Waals surface area contributed by atoms with Crippen LogP contribution >= 0.6 is 22.7 Å². The summed E-state index contributed by atoms with van der Waals surface area (Å²) in [6.07, 6.45) is 0. The van der Waals surface area contributed by atoms with E-state index >= 15 is 0 Å². The highest BCUT2D eigenvalue weighted by atomic mass is 32.1. The van der Waals surface area contributed by atoms with Crippen LogP contribution in [0.2, 0.25) is 0 Å². The second-order valence-corrected chi connectivity index (χ2v) is 10.7. The molecule has 0 aliphatic rings. The lowest BCUT2D eigenvalue weighted by atomic mass is 10.0. The molecule has 3 heteroatoms. The zero-order valence-corrected chi connectivity index (χ0v) is 18.7. The summed E-state index contributed by atoms with van der Waals surface area (Å²) in [5, 5.41) is 8.33. The second-order valence-electron chi connectivity index (χ2n) is 8.59. The number of nitrogens with zero attached hydrogens (tertiary/aromatic N) is 1. The van der Waals surface area contributed by atoms with Gasteiger partial charge in [0.2, 0.25) is 0 Å². The summed E-state index contributed by atoms with van der Waals surface area (Å²) in [4.78, 5) is 0. The van der Waals surface area contributed by atoms with Gasteiger partial charge in [0.05, 0.1) is 25.9 Å². The molecule has 5 heterocycles. The normalized spacial score (nSPS) is 12.8. The van der Waals surface area contributed by atoms with Crippen molar-refractivity contribution in [1.29, 1.82) is 0 Å². The summed E-state index contributed by atoms with van der Waals surface area (Å²) in [6.45, 7) is 4.62. The molecular formula is C28H17NS2. The molecule has 1 nitrogen and oxygen atoms in total. The van der Waals surface area contributed by atoms with E-state index < -0.39 is 0 Å². The van der Waals surface area contributed by atoms with Crippen molar-refractivity contribution >= 4 is 90.3 Å². The largest absolute Gasteiger partial charge is 0.306 e. The van der Waals surface area contributed by atoms with Gasteiger partial charge in [-0.2, -0.15) is 0 Å². The van der Waals surface area contributed by atoms with E-state index in [9.17, 15) is 0 Å². The third-order valence-electron chi connectivity index (χ3n) is 7.14. The Labute approximate surface area is 186 Å². The number of hydrogen-bond donors (Lipinski definition) is 0. The van der Waals surface area contributed by atoms with Crippen LogP contribution in [0, 0.1) is 13.8 Å². The molecule has 0 amide bonds. The van der Waals surface area contributed by atoms with Crippen molar-refractivity contribution in [2.24, 2.45) is 0 Å². The molecule has 0 bridgehead atoms. The van der Waals surface area contributed by atoms with Gasteiger partial charge in [0.25, 0.3) is 0 Å². The maximum absolute atomic E-state index is 2.59. The van der Waals surface area contributed by atoms with Crippen LogP contribution in [0.25, 0.3) is 67.7 Å². The fourth-order valence-electron chi connectivity index (χ4n) is 5.72. The van der Waals surface area contributed by atoms with E-state index in [-0.39, 0.29) is 0 Å². The number of pyridine rings is 2. The Balaban J connectivity index is 1.86. The third kappa shape index (κ3) is 1.77. The van der Waals surface area contributed by atoms with E-state index in [1.54, 1.807) is 0 Å². The van der Waals surface area contributed by atoms with Gasteiger partial charge in [-0.25, -0.2) is 0 Å². The molecule has 8 aromatic rings. The smallest absolute Gasteiger partial charge is 0.0674 e. The van der Waals surface area contributed by atoms with Crippen molar-refractivity contribution in [3.8, 4) is 0 Å². The van der Waals surface area contributed by atoms with Gasteiger partial charge in [-0.1, -0.05) is 54.6 Å². The summed E-state index contributed by atoms with van der Waals surface area (Å²) in [6, 6.07) is 24.7. The zero-order valence-electron chi connectivity index (χ0n) is 17.1. The van der Waals surface area contributed by atoms with Crippen LogP contribution in [-0.4, -0.2) is 4.40 Å². The first-order chi connectivity index (χ1) is 15.2. The standard InChI is InChI=1S/C28H17NS2/c1-14-15(2)25-28-23(17-9-4-6-13-21(17)31-28)19-11-7-10-18-22-16-8-3-5-12-20(16)30-27(22)24(14)29(25)26(18)19/h3-13H,1-2H3. The Morgan fingerprint density at radius 2 is 0.968 bits per heavy atom. The molecule has 0 unspecified atom stereocenters. The number of hydrogen-bond acceptors (Lipinski definition) is 2. The molecule has 0 saturated carbocycles. The minimum absolute atomic E-state index is 1.37. The molecule has 0 atom stereocenters. The molecule has 0 aliphatic heterocycles. The monoisotopic (exact) mass is 431 g/mol. The molecule has 0 N–H and O–H groups in total. The minimum atomic E-state index is 1.37. The van der Waals surface area contributed by atoms with E-state index in [2.05, 4.69) is 85.0 Å². The summed E-state index contributed by atoms with van der Waals surface area (Å²) < 4.78 is 8.17.